The lowest BCUT2D eigenvalue weighted by Gasteiger charge is -2.31. The van der Waals surface area contributed by atoms with E-state index in [4.69, 9.17) is 0 Å². The molecule has 0 aliphatic carbocycles. The van der Waals surface area contributed by atoms with Crippen LogP contribution in [-0.2, 0) is 10.5 Å². The number of carbonyl (C=O) groups is 1. The number of H-pyrrole nitrogens is 1. The third-order valence-corrected chi connectivity index (χ3v) is 6.30. The summed E-state index contributed by atoms with van der Waals surface area (Å²) in [5, 5.41) is 11.2. The van der Waals surface area contributed by atoms with Crippen LogP contribution in [-0.4, -0.2) is 25.7 Å². The van der Waals surface area contributed by atoms with Gasteiger partial charge in [-0.05, 0) is 23.8 Å². The van der Waals surface area contributed by atoms with E-state index in [0.717, 1.165) is 5.69 Å². The van der Waals surface area contributed by atoms with Crippen molar-refractivity contribution in [2.24, 2.45) is 5.92 Å². The highest BCUT2D eigenvalue weighted by Crippen LogP contribution is 2.38. The fourth-order valence-electron chi connectivity index (χ4n) is 3.82. The lowest BCUT2D eigenvalue weighted by molar-refractivity contribution is -0.394. The first kappa shape index (κ1) is 21.8. The van der Waals surface area contributed by atoms with Gasteiger partial charge in [-0.3, -0.25) is 9.78 Å². The number of hydrogen-bond acceptors (Lipinski definition) is 6. The van der Waals surface area contributed by atoms with Crippen molar-refractivity contribution in [3.8, 4) is 0 Å². The molecule has 0 saturated carbocycles. The van der Waals surface area contributed by atoms with Gasteiger partial charge in [-0.1, -0.05) is 42.6 Å². The molecule has 2 atom stereocenters. The number of nitrogens with one attached hydrogen (secondary N) is 3. The summed E-state index contributed by atoms with van der Waals surface area (Å²) in [6.07, 6.45) is 5.01. The molecule has 10 heteroatoms. The Morgan fingerprint density at radius 3 is 2.82 bits per heavy atom. The molecule has 0 fully saturated rings. The summed E-state index contributed by atoms with van der Waals surface area (Å²) in [4.78, 5) is 25.2. The number of rotatable bonds is 6. The van der Waals surface area contributed by atoms with Gasteiger partial charge in [0, 0.05) is 29.8 Å². The van der Waals surface area contributed by atoms with Crippen molar-refractivity contribution in [3.63, 3.8) is 0 Å². The number of anilines is 2. The average molecular weight is 475 g/mol. The van der Waals surface area contributed by atoms with Crippen LogP contribution in [0.1, 0.15) is 17.3 Å². The van der Waals surface area contributed by atoms with Crippen molar-refractivity contribution in [3.05, 3.63) is 103 Å². The SMILES string of the molecule is C=C1Nc2nc(SCc3ccccc3F)nn2C(c2cccc[nH+]2)C1C(=O)Nc1cccnc1. The Morgan fingerprint density at radius 1 is 1.21 bits per heavy atom. The highest BCUT2D eigenvalue weighted by Gasteiger charge is 2.43. The molecule has 1 amide bonds. The Kier molecular flexibility index (Phi) is 6.05. The molecule has 0 radical (unpaired) electrons. The van der Waals surface area contributed by atoms with Crippen LogP contribution in [0, 0.1) is 11.7 Å². The Morgan fingerprint density at radius 2 is 2.06 bits per heavy atom. The minimum Gasteiger partial charge on any atom is -0.328 e. The number of aromatic nitrogens is 5. The zero-order valence-electron chi connectivity index (χ0n) is 18.0. The quantitative estimate of drug-likeness (QED) is 0.414. The number of aromatic amines is 1. The lowest BCUT2D eigenvalue weighted by atomic mass is 9.91. The van der Waals surface area contributed by atoms with Crippen LogP contribution in [0.2, 0.25) is 0 Å². The minimum atomic E-state index is -0.683. The van der Waals surface area contributed by atoms with Gasteiger partial charge in [-0.15, -0.1) is 5.10 Å². The summed E-state index contributed by atoms with van der Waals surface area (Å²) >= 11 is 1.32. The summed E-state index contributed by atoms with van der Waals surface area (Å²) < 4.78 is 15.7. The molecule has 1 aliphatic rings. The molecule has 5 rings (SSSR count). The van der Waals surface area contributed by atoms with Crippen LogP contribution in [0.25, 0.3) is 0 Å². The third kappa shape index (κ3) is 4.40. The normalized spacial score (nSPS) is 17.0. The molecule has 1 aromatic carbocycles. The first-order valence-corrected chi connectivity index (χ1v) is 11.5. The highest BCUT2D eigenvalue weighted by molar-refractivity contribution is 7.98. The monoisotopic (exact) mass is 474 g/mol. The van der Waals surface area contributed by atoms with E-state index in [1.54, 1.807) is 53.6 Å². The van der Waals surface area contributed by atoms with E-state index in [0.29, 0.717) is 33.8 Å². The number of halogens is 1. The van der Waals surface area contributed by atoms with Crippen molar-refractivity contribution in [2.75, 3.05) is 10.6 Å². The Labute approximate surface area is 199 Å². The zero-order chi connectivity index (χ0) is 23.5. The van der Waals surface area contributed by atoms with Crippen LogP contribution in [0.15, 0.2) is 90.6 Å². The predicted molar refractivity (Wildman–Crippen MR) is 126 cm³/mol. The van der Waals surface area contributed by atoms with Crippen molar-refractivity contribution >= 4 is 29.3 Å². The van der Waals surface area contributed by atoms with Gasteiger partial charge in [-0.2, -0.15) is 4.98 Å². The van der Waals surface area contributed by atoms with E-state index in [2.05, 4.69) is 37.3 Å². The van der Waals surface area contributed by atoms with E-state index < -0.39 is 12.0 Å². The molecule has 0 bridgehead atoms. The van der Waals surface area contributed by atoms with Gasteiger partial charge in [0.1, 0.15) is 11.7 Å². The van der Waals surface area contributed by atoms with Gasteiger partial charge in [0.05, 0.1) is 11.9 Å². The van der Waals surface area contributed by atoms with Crippen molar-refractivity contribution in [1.29, 1.82) is 0 Å². The van der Waals surface area contributed by atoms with Gasteiger partial charge in [0.2, 0.25) is 22.7 Å². The highest BCUT2D eigenvalue weighted by atomic mass is 32.2. The van der Waals surface area contributed by atoms with E-state index in [9.17, 15) is 9.18 Å². The topological polar surface area (TPSA) is 98.9 Å². The zero-order valence-corrected chi connectivity index (χ0v) is 18.8. The molecule has 34 heavy (non-hydrogen) atoms. The van der Waals surface area contributed by atoms with Gasteiger partial charge < -0.3 is 10.6 Å². The fourth-order valence-corrected chi connectivity index (χ4v) is 4.63. The number of amides is 1. The van der Waals surface area contributed by atoms with Crippen molar-refractivity contribution in [2.45, 2.75) is 17.0 Å². The van der Waals surface area contributed by atoms with Crippen LogP contribution in [0.5, 0.6) is 0 Å². The van der Waals surface area contributed by atoms with Crippen molar-refractivity contribution in [1.82, 2.24) is 19.7 Å². The van der Waals surface area contributed by atoms with Gasteiger partial charge in [0.25, 0.3) is 0 Å². The van der Waals surface area contributed by atoms with Crippen LogP contribution < -0.4 is 15.6 Å². The van der Waals surface area contributed by atoms with Crippen LogP contribution >= 0.6 is 11.8 Å². The Balaban J connectivity index is 1.47. The van der Waals surface area contributed by atoms with Gasteiger partial charge >= 0.3 is 0 Å². The maximum atomic E-state index is 14.0. The summed E-state index contributed by atoms with van der Waals surface area (Å²) in [6, 6.07) is 15.3. The van der Waals surface area contributed by atoms with Gasteiger partial charge in [-0.25, -0.2) is 14.1 Å². The number of pyridine rings is 2. The molecule has 3 aromatic heterocycles. The Hall–Kier alpha value is -4.05. The largest absolute Gasteiger partial charge is 0.328 e. The van der Waals surface area contributed by atoms with E-state index in [1.807, 2.05) is 18.2 Å². The molecule has 4 heterocycles. The number of benzene rings is 1. The summed E-state index contributed by atoms with van der Waals surface area (Å²) in [6.45, 7) is 4.11. The molecule has 170 valence electrons. The maximum absolute atomic E-state index is 14.0. The summed E-state index contributed by atoms with van der Waals surface area (Å²) in [7, 11) is 0. The fraction of sp³-hybridized carbons (Fsp3) is 0.125. The Bertz CT molecular complexity index is 1330. The molecular formula is C24H21FN7OS+. The third-order valence-electron chi connectivity index (χ3n) is 5.42. The average Bonchev–Trinajstić information content (AvgIpc) is 3.26. The molecule has 3 N–H and O–H groups in total. The van der Waals surface area contributed by atoms with Gasteiger partial charge in [0.15, 0.2) is 12.2 Å². The second-order valence-electron chi connectivity index (χ2n) is 7.66. The first-order chi connectivity index (χ1) is 16.6. The van der Waals surface area contributed by atoms with E-state index >= 15 is 0 Å². The minimum absolute atomic E-state index is 0.255. The molecule has 4 aromatic rings. The number of nitrogens with zero attached hydrogens (tertiary/aromatic N) is 4. The second-order valence-corrected chi connectivity index (χ2v) is 8.61. The second kappa shape index (κ2) is 9.44. The maximum Gasteiger partial charge on any atom is 0.236 e. The predicted octanol–water partition coefficient (Wildman–Crippen LogP) is 3.70. The number of carbonyl (C=O) groups excluding carboxylic acids is 1. The summed E-state index contributed by atoms with van der Waals surface area (Å²) in [5.74, 6) is -0.362. The number of fused-ring (bicyclic) bond motifs is 1. The number of hydrogen-bond donors (Lipinski definition) is 2. The lowest BCUT2D eigenvalue weighted by Crippen LogP contribution is -2.41. The van der Waals surface area contributed by atoms with Crippen molar-refractivity contribution < 1.29 is 14.2 Å². The first-order valence-electron chi connectivity index (χ1n) is 10.6. The van der Waals surface area contributed by atoms with E-state index in [1.165, 1.54) is 17.8 Å². The number of thioether (sulfide) groups is 1. The summed E-state index contributed by atoms with van der Waals surface area (Å²) in [5.41, 5.74) is 2.42. The van der Waals surface area contributed by atoms with Crippen LogP contribution in [0.4, 0.5) is 16.0 Å². The molecule has 8 nitrogen and oxygen atoms in total. The standard InChI is InChI=1S/C24H20FN7OS/c1-15-20(22(33)29-17-8-6-11-26-13-17)21(19-10-4-5-12-27-19)32-23(28-15)30-24(31-32)34-14-16-7-2-3-9-18(16)25/h2-13,20-21H,1,14H2,(H,29,33)(H,28,30,31)/p+1. The smallest absolute Gasteiger partial charge is 0.236 e. The molecule has 0 spiro atoms. The molecule has 1 aliphatic heterocycles. The molecule has 2 unspecified atom stereocenters. The van der Waals surface area contributed by atoms with E-state index in [-0.39, 0.29) is 11.7 Å². The van der Waals surface area contributed by atoms with Crippen LogP contribution in [0.3, 0.4) is 0 Å². The molecular weight excluding hydrogens is 453 g/mol. The molecule has 0 saturated heterocycles.